The average Bonchev–Trinajstić information content (AvgIpc) is 2.72. The minimum atomic E-state index is 0.775. The van der Waals surface area contributed by atoms with Crippen LogP contribution in [0.25, 0.3) is 11.0 Å². The number of hydrogen-bond donors (Lipinski definition) is 2. The van der Waals surface area contributed by atoms with Gasteiger partial charge in [-0.25, -0.2) is 9.97 Å². The molecule has 0 bridgehead atoms. The lowest BCUT2D eigenvalue weighted by Gasteiger charge is -2.11. The minimum absolute atomic E-state index is 0.775. The van der Waals surface area contributed by atoms with Gasteiger partial charge in [-0.1, -0.05) is 0 Å². The fraction of sp³-hybridized carbons (Fsp3) is 0.500. The normalized spacial score (nSPS) is 11.3. The predicted octanol–water partition coefficient (Wildman–Crippen LogP) is 1.05. The molecule has 0 saturated carbocycles. The number of rotatable bonds is 5. The summed E-state index contributed by atoms with van der Waals surface area (Å²) >= 11 is 1.59. The number of aromatic nitrogens is 4. The van der Waals surface area contributed by atoms with Gasteiger partial charge < -0.3 is 10.2 Å². The highest BCUT2D eigenvalue weighted by Crippen LogP contribution is 2.27. The molecular weight excluding hydrogens is 236 g/mol. The summed E-state index contributed by atoms with van der Waals surface area (Å²) in [5, 5.41) is 12.3. The van der Waals surface area contributed by atoms with Gasteiger partial charge in [0.2, 0.25) is 0 Å². The molecule has 2 aromatic rings. The second-order valence-electron chi connectivity index (χ2n) is 3.91. The summed E-state index contributed by atoms with van der Waals surface area (Å²) in [6, 6.07) is 0. The van der Waals surface area contributed by atoms with Gasteiger partial charge in [0.05, 0.1) is 5.39 Å². The Bertz CT molecular complexity index is 495. The number of likely N-dealkylation sites (N-methyl/N-ethyl adjacent to an activating group) is 1. The van der Waals surface area contributed by atoms with Gasteiger partial charge in [0.1, 0.15) is 17.2 Å². The van der Waals surface area contributed by atoms with Crippen molar-refractivity contribution in [1.29, 1.82) is 0 Å². The Kier molecular flexibility index (Phi) is 3.80. The highest BCUT2D eigenvalue weighted by molar-refractivity contribution is 7.98. The Hall–Kier alpha value is -1.34. The number of nitrogens with zero attached hydrogens (tertiary/aromatic N) is 4. The highest BCUT2D eigenvalue weighted by Gasteiger charge is 2.11. The standard InChI is InChI=1S/C10H16N6S/c1-16(2)5-4-11-8-7-9(13-6-12-8)14-15-10(7)17-3/h6H,4-5H2,1-3H3,(H2,11,12,13,14,15). The van der Waals surface area contributed by atoms with E-state index in [0.717, 1.165) is 35.0 Å². The number of hydrogen-bond acceptors (Lipinski definition) is 6. The molecule has 0 amide bonds. The summed E-state index contributed by atoms with van der Waals surface area (Å²) in [7, 11) is 4.09. The van der Waals surface area contributed by atoms with Gasteiger partial charge in [0.15, 0.2) is 5.65 Å². The first kappa shape index (κ1) is 12.1. The lowest BCUT2D eigenvalue weighted by Crippen LogP contribution is -2.21. The van der Waals surface area contributed by atoms with Gasteiger partial charge in [-0.05, 0) is 20.4 Å². The molecule has 0 aromatic carbocycles. The van der Waals surface area contributed by atoms with Crippen LogP contribution >= 0.6 is 11.8 Å². The van der Waals surface area contributed by atoms with E-state index < -0.39 is 0 Å². The van der Waals surface area contributed by atoms with Gasteiger partial charge >= 0.3 is 0 Å². The summed E-state index contributed by atoms with van der Waals surface area (Å²) < 4.78 is 0. The molecule has 0 spiro atoms. The van der Waals surface area contributed by atoms with Crippen molar-refractivity contribution in [2.75, 3.05) is 38.8 Å². The van der Waals surface area contributed by atoms with Gasteiger partial charge in [0.25, 0.3) is 0 Å². The van der Waals surface area contributed by atoms with Crippen molar-refractivity contribution >= 4 is 28.6 Å². The molecule has 2 rings (SSSR count). The topological polar surface area (TPSA) is 69.7 Å². The summed E-state index contributed by atoms with van der Waals surface area (Å²) in [6.45, 7) is 1.80. The second-order valence-corrected chi connectivity index (χ2v) is 4.70. The molecule has 2 heterocycles. The van der Waals surface area contributed by atoms with Crippen molar-refractivity contribution in [2.45, 2.75) is 5.03 Å². The number of fused-ring (bicyclic) bond motifs is 1. The molecule has 0 fully saturated rings. The van der Waals surface area contributed by atoms with Crippen molar-refractivity contribution in [3.8, 4) is 0 Å². The fourth-order valence-electron chi connectivity index (χ4n) is 1.51. The van der Waals surface area contributed by atoms with E-state index >= 15 is 0 Å². The Balaban J connectivity index is 2.23. The predicted molar refractivity (Wildman–Crippen MR) is 70.5 cm³/mol. The van der Waals surface area contributed by atoms with Crippen molar-refractivity contribution in [1.82, 2.24) is 25.1 Å². The maximum Gasteiger partial charge on any atom is 0.161 e. The molecule has 0 atom stereocenters. The van der Waals surface area contributed by atoms with Gasteiger partial charge in [-0.3, -0.25) is 5.10 Å². The molecule has 0 aliphatic carbocycles. The van der Waals surface area contributed by atoms with E-state index in [9.17, 15) is 0 Å². The third-order valence-electron chi connectivity index (χ3n) is 2.37. The van der Waals surface area contributed by atoms with Crippen LogP contribution in [0.2, 0.25) is 0 Å². The molecule has 0 aliphatic heterocycles. The molecule has 92 valence electrons. The lowest BCUT2D eigenvalue weighted by molar-refractivity contribution is 0.425. The van der Waals surface area contributed by atoms with Crippen LogP contribution in [-0.4, -0.2) is 58.5 Å². The highest BCUT2D eigenvalue weighted by atomic mass is 32.2. The van der Waals surface area contributed by atoms with Crippen molar-refractivity contribution < 1.29 is 0 Å². The first-order chi connectivity index (χ1) is 8.22. The minimum Gasteiger partial charge on any atom is -0.368 e. The third-order valence-corrected chi connectivity index (χ3v) is 3.05. The van der Waals surface area contributed by atoms with Crippen molar-refractivity contribution in [2.24, 2.45) is 0 Å². The largest absolute Gasteiger partial charge is 0.368 e. The summed E-state index contributed by atoms with van der Waals surface area (Å²) in [4.78, 5) is 10.6. The smallest absolute Gasteiger partial charge is 0.161 e. The molecule has 17 heavy (non-hydrogen) atoms. The molecule has 6 nitrogen and oxygen atoms in total. The van der Waals surface area contributed by atoms with Gasteiger partial charge in [0, 0.05) is 13.1 Å². The number of thioether (sulfide) groups is 1. The van der Waals surface area contributed by atoms with Gasteiger partial charge in [-0.2, -0.15) is 5.10 Å². The van der Waals surface area contributed by atoms with E-state index in [0.29, 0.717) is 0 Å². The van der Waals surface area contributed by atoms with Crippen LogP contribution < -0.4 is 5.32 Å². The first-order valence-electron chi connectivity index (χ1n) is 5.34. The first-order valence-corrected chi connectivity index (χ1v) is 6.56. The fourth-order valence-corrected chi connectivity index (χ4v) is 2.05. The zero-order chi connectivity index (χ0) is 12.3. The Morgan fingerprint density at radius 1 is 1.41 bits per heavy atom. The van der Waals surface area contributed by atoms with E-state index in [1.807, 2.05) is 20.4 Å². The van der Waals surface area contributed by atoms with E-state index in [4.69, 9.17) is 0 Å². The van der Waals surface area contributed by atoms with Crippen LogP contribution in [0.1, 0.15) is 0 Å². The Labute approximate surface area is 104 Å². The van der Waals surface area contributed by atoms with E-state index in [-0.39, 0.29) is 0 Å². The summed E-state index contributed by atoms with van der Waals surface area (Å²) in [5.41, 5.74) is 0.775. The van der Waals surface area contributed by atoms with Crippen LogP contribution in [0, 0.1) is 0 Å². The molecule has 0 unspecified atom stereocenters. The second kappa shape index (κ2) is 5.33. The maximum atomic E-state index is 4.27. The van der Waals surface area contributed by atoms with E-state index in [1.165, 1.54) is 0 Å². The van der Waals surface area contributed by atoms with Crippen LogP contribution in [0.4, 0.5) is 5.82 Å². The average molecular weight is 252 g/mol. The third kappa shape index (κ3) is 2.67. The lowest BCUT2D eigenvalue weighted by atomic mass is 10.4. The maximum absolute atomic E-state index is 4.27. The molecule has 2 aromatic heterocycles. The number of anilines is 1. The van der Waals surface area contributed by atoms with Crippen molar-refractivity contribution in [3.63, 3.8) is 0 Å². The molecule has 2 N–H and O–H groups in total. The summed E-state index contributed by atoms with van der Waals surface area (Å²) in [5.74, 6) is 0.843. The number of H-pyrrole nitrogens is 1. The van der Waals surface area contributed by atoms with Crippen LogP contribution in [0.5, 0.6) is 0 Å². The molecule has 0 radical (unpaired) electrons. The zero-order valence-electron chi connectivity index (χ0n) is 10.2. The van der Waals surface area contributed by atoms with Crippen LogP contribution in [-0.2, 0) is 0 Å². The van der Waals surface area contributed by atoms with Crippen molar-refractivity contribution in [3.05, 3.63) is 6.33 Å². The zero-order valence-corrected chi connectivity index (χ0v) is 11.0. The SMILES string of the molecule is CSc1n[nH]c2ncnc(NCCN(C)C)c12. The quantitative estimate of drug-likeness (QED) is 0.775. The Morgan fingerprint density at radius 3 is 2.94 bits per heavy atom. The molecule has 0 aliphatic rings. The molecule has 7 heteroatoms. The molecular formula is C10H16N6S. The number of nitrogens with one attached hydrogen (secondary N) is 2. The van der Waals surface area contributed by atoms with Crippen LogP contribution in [0.15, 0.2) is 11.4 Å². The monoisotopic (exact) mass is 252 g/mol. The summed E-state index contributed by atoms with van der Waals surface area (Å²) in [6.07, 6.45) is 3.54. The van der Waals surface area contributed by atoms with Gasteiger partial charge in [-0.15, -0.1) is 11.8 Å². The Morgan fingerprint density at radius 2 is 2.24 bits per heavy atom. The molecule has 0 saturated heterocycles. The van der Waals surface area contributed by atoms with Crippen LogP contribution in [0.3, 0.4) is 0 Å². The van der Waals surface area contributed by atoms with E-state index in [1.54, 1.807) is 18.1 Å². The van der Waals surface area contributed by atoms with E-state index in [2.05, 4.69) is 30.4 Å². The number of aromatic amines is 1.